The van der Waals surface area contributed by atoms with E-state index in [1.807, 2.05) is 6.92 Å². The van der Waals surface area contributed by atoms with E-state index in [0.29, 0.717) is 13.0 Å². The average Bonchev–Trinajstić information content (AvgIpc) is 2.03. The van der Waals surface area contributed by atoms with Crippen LogP contribution in [0.25, 0.3) is 0 Å². The third kappa shape index (κ3) is 5.58. The van der Waals surface area contributed by atoms with Crippen LogP contribution in [0, 0.1) is 11.3 Å². The number of hydrogen-bond donors (Lipinski definition) is 1. The summed E-state index contributed by atoms with van der Waals surface area (Å²) in [7, 11) is -1.96. The van der Waals surface area contributed by atoms with Gasteiger partial charge in [-0.3, -0.25) is 0 Å². The summed E-state index contributed by atoms with van der Waals surface area (Å²) < 4.78 is 29.3. The van der Waals surface area contributed by atoms with Gasteiger partial charge in [0.25, 0.3) is 0 Å². The van der Waals surface area contributed by atoms with Crippen molar-refractivity contribution in [2.75, 3.05) is 19.5 Å². The van der Waals surface area contributed by atoms with Gasteiger partial charge in [-0.2, -0.15) is 5.26 Å². The van der Waals surface area contributed by atoms with E-state index in [0.717, 1.165) is 0 Å². The molecule has 1 unspecified atom stereocenters. The average molecular weight is 206 g/mol. The van der Waals surface area contributed by atoms with E-state index in [9.17, 15) is 8.42 Å². The van der Waals surface area contributed by atoms with Crippen molar-refractivity contribution < 1.29 is 13.2 Å². The van der Waals surface area contributed by atoms with Crippen molar-refractivity contribution in [3.05, 3.63) is 0 Å². The molecule has 0 aromatic carbocycles. The van der Waals surface area contributed by atoms with Gasteiger partial charge < -0.3 is 4.74 Å². The van der Waals surface area contributed by atoms with E-state index in [-0.39, 0.29) is 6.04 Å². The van der Waals surface area contributed by atoms with Gasteiger partial charge in [-0.15, -0.1) is 0 Å². The molecule has 0 aliphatic heterocycles. The first-order chi connectivity index (χ1) is 6.05. The summed E-state index contributed by atoms with van der Waals surface area (Å²) in [6.07, 6.45) is 0.637. The molecule has 0 saturated heterocycles. The van der Waals surface area contributed by atoms with Crippen LogP contribution in [0.4, 0.5) is 0 Å². The maximum Gasteiger partial charge on any atom is 0.225 e. The molecule has 0 heterocycles. The smallest absolute Gasteiger partial charge is 0.225 e. The normalized spacial score (nSPS) is 13.6. The van der Waals surface area contributed by atoms with Gasteiger partial charge in [0.1, 0.15) is 0 Å². The summed E-state index contributed by atoms with van der Waals surface area (Å²) in [5, 5.41) is 8.22. The predicted octanol–water partition coefficient (Wildman–Crippen LogP) is -0.146. The number of hydrogen-bond acceptors (Lipinski definition) is 4. The summed E-state index contributed by atoms with van der Waals surface area (Å²) in [4.78, 5) is 0. The zero-order valence-electron chi connectivity index (χ0n) is 7.78. The Morgan fingerprint density at radius 3 is 2.62 bits per heavy atom. The zero-order chi connectivity index (χ0) is 10.3. The molecule has 0 bridgehead atoms. The molecular formula is C7H14N2O3S. The lowest BCUT2D eigenvalue weighted by Gasteiger charge is -2.14. The molecule has 0 aliphatic carbocycles. The summed E-state index contributed by atoms with van der Waals surface area (Å²) >= 11 is 0. The van der Waals surface area contributed by atoms with Gasteiger partial charge in [-0.1, -0.05) is 6.92 Å². The Hall–Kier alpha value is -0.640. The van der Waals surface area contributed by atoms with E-state index >= 15 is 0 Å². The van der Waals surface area contributed by atoms with Gasteiger partial charge in [0, 0.05) is 13.2 Å². The van der Waals surface area contributed by atoms with Gasteiger partial charge in [0.15, 0.2) is 5.75 Å². The maximum absolute atomic E-state index is 11.1. The second-order valence-electron chi connectivity index (χ2n) is 2.60. The summed E-state index contributed by atoms with van der Waals surface area (Å²) in [6, 6.07) is 1.34. The molecule has 5 nitrogen and oxygen atoms in total. The lowest BCUT2D eigenvalue weighted by Crippen LogP contribution is -2.38. The molecule has 0 radical (unpaired) electrons. The first-order valence-corrected chi connectivity index (χ1v) is 5.56. The van der Waals surface area contributed by atoms with Gasteiger partial charge >= 0.3 is 0 Å². The van der Waals surface area contributed by atoms with Crippen molar-refractivity contribution in [1.82, 2.24) is 4.72 Å². The monoisotopic (exact) mass is 206 g/mol. The highest BCUT2D eigenvalue weighted by Gasteiger charge is 2.15. The van der Waals surface area contributed by atoms with Crippen LogP contribution in [0.5, 0.6) is 0 Å². The van der Waals surface area contributed by atoms with Gasteiger partial charge in [-0.05, 0) is 6.42 Å². The van der Waals surface area contributed by atoms with Crippen molar-refractivity contribution in [1.29, 1.82) is 5.26 Å². The van der Waals surface area contributed by atoms with E-state index in [1.54, 1.807) is 6.07 Å². The van der Waals surface area contributed by atoms with Gasteiger partial charge in [0.2, 0.25) is 10.0 Å². The van der Waals surface area contributed by atoms with Crippen molar-refractivity contribution >= 4 is 10.0 Å². The van der Waals surface area contributed by atoms with Crippen molar-refractivity contribution in [2.45, 2.75) is 19.4 Å². The van der Waals surface area contributed by atoms with E-state index in [2.05, 4.69) is 4.72 Å². The highest BCUT2D eigenvalue weighted by molar-refractivity contribution is 7.89. The van der Waals surface area contributed by atoms with Crippen molar-refractivity contribution in [3.63, 3.8) is 0 Å². The SMILES string of the molecule is CCC(COC)NS(=O)(=O)CC#N. The number of nitrogens with zero attached hydrogens (tertiary/aromatic N) is 1. The first-order valence-electron chi connectivity index (χ1n) is 3.91. The molecule has 0 amide bonds. The number of nitriles is 1. The fourth-order valence-electron chi connectivity index (χ4n) is 0.817. The molecule has 6 heteroatoms. The molecule has 0 aliphatic rings. The standard InChI is InChI=1S/C7H14N2O3S/c1-3-7(6-12-2)9-13(10,11)5-4-8/h7,9H,3,5-6H2,1-2H3. The van der Waals surface area contributed by atoms with Crippen LogP contribution in [0.1, 0.15) is 13.3 Å². The van der Waals surface area contributed by atoms with Crippen LogP contribution >= 0.6 is 0 Å². The van der Waals surface area contributed by atoms with Gasteiger partial charge in [-0.25, -0.2) is 13.1 Å². The highest BCUT2D eigenvalue weighted by atomic mass is 32.2. The quantitative estimate of drug-likeness (QED) is 0.655. The fourth-order valence-corrected chi connectivity index (χ4v) is 1.81. The number of rotatable bonds is 6. The molecular weight excluding hydrogens is 192 g/mol. The second kappa shape index (κ2) is 5.91. The van der Waals surface area contributed by atoms with E-state index in [1.165, 1.54) is 7.11 Å². The van der Waals surface area contributed by atoms with Crippen LogP contribution < -0.4 is 4.72 Å². The van der Waals surface area contributed by atoms with E-state index in [4.69, 9.17) is 10.00 Å². The van der Waals surface area contributed by atoms with Crippen molar-refractivity contribution in [2.24, 2.45) is 0 Å². The van der Waals surface area contributed by atoms with Crippen LogP contribution in [0.2, 0.25) is 0 Å². The largest absolute Gasteiger partial charge is 0.383 e. The number of sulfonamides is 1. The summed E-state index contributed by atoms with van der Waals surface area (Å²) in [5.74, 6) is -0.507. The Kier molecular flexibility index (Phi) is 5.62. The van der Waals surface area contributed by atoms with E-state index < -0.39 is 15.8 Å². The Bertz CT molecular complexity index is 268. The van der Waals surface area contributed by atoms with Crippen LogP contribution in [-0.4, -0.2) is 33.9 Å². The molecule has 0 aromatic rings. The second-order valence-corrected chi connectivity index (χ2v) is 4.35. The summed E-state index contributed by atoms with van der Waals surface area (Å²) in [6.45, 7) is 2.17. The lowest BCUT2D eigenvalue weighted by atomic mass is 10.3. The van der Waals surface area contributed by atoms with Crippen LogP contribution in [0.3, 0.4) is 0 Å². The lowest BCUT2D eigenvalue weighted by molar-refractivity contribution is 0.173. The molecule has 0 rings (SSSR count). The molecule has 76 valence electrons. The predicted molar refractivity (Wildman–Crippen MR) is 48.5 cm³/mol. The molecule has 13 heavy (non-hydrogen) atoms. The summed E-state index contributed by atoms with van der Waals surface area (Å²) in [5.41, 5.74) is 0. The Labute approximate surface area is 78.7 Å². The van der Waals surface area contributed by atoms with Crippen LogP contribution in [0.15, 0.2) is 0 Å². The van der Waals surface area contributed by atoms with Gasteiger partial charge in [0.05, 0.1) is 12.7 Å². The Balaban J connectivity index is 4.16. The molecule has 1 atom stereocenters. The Morgan fingerprint density at radius 1 is 1.62 bits per heavy atom. The third-order valence-electron chi connectivity index (χ3n) is 1.46. The minimum Gasteiger partial charge on any atom is -0.383 e. The third-order valence-corrected chi connectivity index (χ3v) is 2.66. The molecule has 0 saturated carbocycles. The minimum absolute atomic E-state index is 0.247. The first kappa shape index (κ1) is 12.4. The van der Waals surface area contributed by atoms with Crippen LogP contribution in [-0.2, 0) is 14.8 Å². The Morgan fingerprint density at radius 2 is 2.23 bits per heavy atom. The maximum atomic E-state index is 11.1. The molecule has 1 N–H and O–H groups in total. The number of ether oxygens (including phenoxy) is 1. The molecule has 0 aromatic heterocycles. The van der Waals surface area contributed by atoms with Crippen molar-refractivity contribution in [3.8, 4) is 6.07 Å². The topological polar surface area (TPSA) is 79.2 Å². The number of methoxy groups -OCH3 is 1. The molecule has 0 fully saturated rings. The minimum atomic E-state index is -3.46. The zero-order valence-corrected chi connectivity index (χ0v) is 8.60. The number of nitrogens with one attached hydrogen (secondary N) is 1. The molecule has 0 spiro atoms. The highest BCUT2D eigenvalue weighted by Crippen LogP contribution is 1.95. The fraction of sp³-hybridized carbons (Fsp3) is 0.857.